The van der Waals surface area contributed by atoms with Crippen LogP contribution in [0.15, 0.2) is 42.0 Å². The molecule has 0 fully saturated rings. The van der Waals surface area contributed by atoms with Crippen LogP contribution < -0.4 is 4.90 Å². The van der Waals surface area contributed by atoms with Crippen LogP contribution in [-0.2, 0) is 0 Å². The van der Waals surface area contributed by atoms with Gasteiger partial charge in [0, 0.05) is 7.05 Å². The maximum absolute atomic E-state index is 13.0. The van der Waals surface area contributed by atoms with Gasteiger partial charge in [0.15, 0.2) is 0 Å². The zero-order chi connectivity index (χ0) is 14.1. The van der Waals surface area contributed by atoms with E-state index in [1.165, 1.54) is 12.1 Å². The molecule has 0 saturated carbocycles. The van der Waals surface area contributed by atoms with Gasteiger partial charge in [0.25, 0.3) is 0 Å². The van der Waals surface area contributed by atoms with E-state index in [4.69, 9.17) is 0 Å². The van der Waals surface area contributed by atoms with Gasteiger partial charge in [-0.2, -0.15) is 0 Å². The molecule has 2 heterocycles. The van der Waals surface area contributed by atoms with Crippen molar-refractivity contribution in [2.75, 3.05) is 11.9 Å². The fourth-order valence-electron chi connectivity index (χ4n) is 2.18. The van der Waals surface area contributed by atoms with Crippen molar-refractivity contribution in [2.24, 2.45) is 0 Å². The summed E-state index contributed by atoms with van der Waals surface area (Å²) in [5, 5.41) is 2.01. The van der Waals surface area contributed by atoms with E-state index >= 15 is 0 Å². The van der Waals surface area contributed by atoms with E-state index in [9.17, 15) is 4.39 Å². The normalized spacial score (nSPS) is 12.6. The van der Waals surface area contributed by atoms with Crippen LogP contribution in [-0.4, -0.2) is 17.0 Å². The summed E-state index contributed by atoms with van der Waals surface area (Å²) >= 11 is 1.63. The first kappa shape index (κ1) is 13.0. The van der Waals surface area contributed by atoms with Crippen molar-refractivity contribution in [1.82, 2.24) is 9.97 Å². The van der Waals surface area contributed by atoms with Crippen LogP contribution in [0.2, 0.25) is 0 Å². The van der Waals surface area contributed by atoms with Crippen molar-refractivity contribution in [3.8, 4) is 0 Å². The smallest absolute Gasteiger partial charge is 0.150 e. The first-order valence-corrected chi connectivity index (χ1v) is 7.21. The summed E-state index contributed by atoms with van der Waals surface area (Å²) in [4.78, 5) is 10.7. The lowest BCUT2D eigenvalue weighted by Crippen LogP contribution is -2.22. The van der Waals surface area contributed by atoms with Gasteiger partial charge in [0.05, 0.1) is 16.3 Å². The van der Waals surface area contributed by atoms with Crippen LogP contribution in [0, 0.1) is 5.82 Å². The maximum Gasteiger partial charge on any atom is 0.150 e. The number of halogens is 1. The second kappa shape index (κ2) is 5.17. The minimum Gasteiger partial charge on any atom is -0.352 e. The van der Waals surface area contributed by atoms with Crippen LogP contribution in [0.5, 0.6) is 0 Å². The molecule has 5 heteroatoms. The van der Waals surface area contributed by atoms with Crippen molar-refractivity contribution in [3.63, 3.8) is 0 Å². The van der Waals surface area contributed by atoms with Crippen LogP contribution in [0.25, 0.3) is 10.2 Å². The first-order chi connectivity index (χ1) is 9.66. The summed E-state index contributed by atoms with van der Waals surface area (Å²) in [7, 11) is 2.00. The fraction of sp³-hybridized carbons (Fsp3) is 0.200. The van der Waals surface area contributed by atoms with E-state index in [0.29, 0.717) is 0 Å². The van der Waals surface area contributed by atoms with Gasteiger partial charge in [-0.25, -0.2) is 14.4 Å². The number of benzene rings is 1. The summed E-state index contributed by atoms with van der Waals surface area (Å²) in [6, 6.07) is 8.69. The standard InChI is InChI=1S/C15H14FN3S/c1-10(11-3-5-12(16)6-4-11)19(2)15-14-13(7-8-20-14)17-9-18-15/h3-10H,1-2H3. The van der Waals surface area contributed by atoms with Gasteiger partial charge in [0.1, 0.15) is 18.0 Å². The predicted octanol–water partition coefficient (Wildman–Crippen LogP) is 4.03. The third-order valence-electron chi connectivity index (χ3n) is 3.49. The molecule has 0 aliphatic rings. The van der Waals surface area contributed by atoms with Gasteiger partial charge in [-0.1, -0.05) is 12.1 Å². The molecular weight excluding hydrogens is 273 g/mol. The third-order valence-corrected chi connectivity index (χ3v) is 4.39. The van der Waals surface area contributed by atoms with Crippen LogP contribution >= 0.6 is 11.3 Å². The second-order valence-corrected chi connectivity index (χ2v) is 5.59. The van der Waals surface area contributed by atoms with Crippen molar-refractivity contribution in [3.05, 3.63) is 53.4 Å². The van der Waals surface area contributed by atoms with E-state index in [-0.39, 0.29) is 11.9 Å². The van der Waals surface area contributed by atoms with Gasteiger partial charge in [-0.15, -0.1) is 11.3 Å². The molecule has 0 aliphatic carbocycles. The largest absolute Gasteiger partial charge is 0.352 e. The number of aromatic nitrogens is 2. The van der Waals surface area contributed by atoms with E-state index in [1.807, 2.05) is 30.6 Å². The van der Waals surface area contributed by atoms with Crippen LogP contribution in [0.1, 0.15) is 18.5 Å². The molecule has 0 N–H and O–H groups in total. The summed E-state index contributed by atoms with van der Waals surface area (Å²) in [6.45, 7) is 2.08. The minimum absolute atomic E-state index is 0.107. The second-order valence-electron chi connectivity index (χ2n) is 4.67. The Kier molecular flexibility index (Phi) is 3.36. The molecule has 0 spiro atoms. The summed E-state index contributed by atoms with van der Waals surface area (Å²) < 4.78 is 14.1. The number of hydrogen-bond acceptors (Lipinski definition) is 4. The van der Waals surface area contributed by atoms with E-state index in [1.54, 1.807) is 17.7 Å². The molecule has 2 aromatic heterocycles. The number of fused-ring (bicyclic) bond motifs is 1. The Bertz CT molecular complexity index is 723. The van der Waals surface area contributed by atoms with Gasteiger partial charge >= 0.3 is 0 Å². The Morgan fingerprint density at radius 3 is 2.65 bits per heavy atom. The average Bonchev–Trinajstić information content (AvgIpc) is 2.95. The van der Waals surface area contributed by atoms with Gasteiger partial charge in [-0.3, -0.25) is 0 Å². The number of hydrogen-bond donors (Lipinski definition) is 0. The van der Waals surface area contributed by atoms with Gasteiger partial charge < -0.3 is 4.90 Å². The highest BCUT2D eigenvalue weighted by Gasteiger charge is 2.16. The van der Waals surface area contributed by atoms with Crippen molar-refractivity contribution in [2.45, 2.75) is 13.0 Å². The minimum atomic E-state index is -0.216. The Morgan fingerprint density at radius 2 is 1.90 bits per heavy atom. The van der Waals surface area contributed by atoms with Crippen molar-refractivity contribution < 1.29 is 4.39 Å². The first-order valence-electron chi connectivity index (χ1n) is 6.33. The Labute approximate surface area is 120 Å². The molecule has 3 aromatic rings. The third kappa shape index (κ3) is 2.25. The average molecular weight is 287 g/mol. The lowest BCUT2D eigenvalue weighted by atomic mass is 10.1. The number of nitrogens with zero attached hydrogens (tertiary/aromatic N) is 3. The van der Waals surface area contributed by atoms with Crippen LogP contribution in [0.4, 0.5) is 10.2 Å². The molecule has 0 radical (unpaired) electrons. The molecule has 0 aliphatic heterocycles. The summed E-state index contributed by atoms with van der Waals surface area (Å²) in [5.74, 6) is 0.688. The highest BCUT2D eigenvalue weighted by molar-refractivity contribution is 7.17. The van der Waals surface area contributed by atoms with Crippen molar-refractivity contribution in [1.29, 1.82) is 0 Å². The maximum atomic E-state index is 13.0. The molecule has 20 heavy (non-hydrogen) atoms. The molecular formula is C15H14FN3S. The van der Waals surface area contributed by atoms with Gasteiger partial charge in [-0.05, 0) is 36.1 Å². The van der Waals surface area contributed by atoms with E-state index in [0.717, 1.165) is 21.6 Å². The zero-order valence-corrected chi connectivity index (χ0v) is 12.1. The summed E-state index contributed by atoms with van der Waals surface area (Å²) in [5.41, 5.74) is 2.01. The molecule has 1 atom stereocenters. The van der Waals surface area contributed by atoms with Gasteiger partial charge in [0.2, 0.25) is 0 Å². The monoisotopic (exact) mass is 287 g/mol. The van der Waals surface area contributed by atoms with E-state index < -0.39 is 0 Å². The number of anilines is 1. The molecule has 0 bridgehead atoms. The SMILES string of the molecule is CC(c1ccc(F)cc1)N(C)c1ncnc2ccsc12. The van der Waals surface area contributed by atoms with Crippen molar-refractivity contribution >= 4 is 27.4 Å². The Morgan fingerprint density at radius 1 is 1.15 bits per heavy atom. The lowest BCUT2D eigenvalue weighted by Gasteiger charge is -2.26. The predicted molar refractivity (Wildman–Crippen MR) is 80.6 cm³/mol. The molecule has 0 saturated heterocycles. The molecule has 1 aromatic carbocycles. The molecule has 102 valence electrons. The quantitative estimate of drug-likeness (QED) is 0.728. The highest BCUT2D eigenvalue weighted by Crippen LogP contribution is 2.31. The van der Waals surface area contributed by atoms with Crippen LogP contribution in [0.3, 0.4) is 0 Å². The molecule has 0 amide bonds. The van der Waals surface area contributed by atoms with E-state index in [2.05, 4.69) is 21.8 Å². The number of thiophene rings is 1. The topological polar surface area (TPSA) is 29.0 Å². The Balaban J connectivity index is 1.97. The summed E-state index contributed by atoms with van der Waals surface area (Å²) in [6.07, 6.45) is 1.58. The highest BCUT2D eigenvalue weighted by atomic mass is 32.1. The molecule has 3 nitrogen and oxygen atoms in total. The number of rotatable bonds is 3. The molecule has 3 rings (SSSR count). The zero-order valence-electron chi connectivity index (χ0n) is 11.2. The fourth-order valence-corrected chi connectivity index (χ4v) is 3.05. The Hall–Kier alpha value is -2.01. The lowest BCUT2D eigenvalue weighted by molar-refractivity contribution is 0.625. The molecule has 1 unspecified atom stereocenters.